The van der Waals surface area contributed by atoms with Crippen LogP contribution in [0.15, 0.2) is 42.1 Å². The standard InChI is InChI=1S/C10H9F3N2O/c11-10(12,13)8(14)6-9(16)15-7-4-2-1-3-5-7/h1-6H,14H2,(H,15,16). The van der Waals surface area contributed by atoms with Gasteiger partial charge in [0, 0.05) is 11.8 Å². The highest BCUT2D eigenvalue weighted by Gasteiger charge is 2.31. The summed E-state index contributed by atoms with van der Waals surface area (Å²) in [7, 11) is 0. The van der Waals surface area contributed by atoms with Gasteiger partial charge in [-0.3, -0.25) is 4.79 Å². The van der Waals surface area contributed by atoms with Gasteiger partial charge >= 0.3 is 6.18 Å². The maximum atomic E-state index is 12.0. The van der Waals surface area contributed by atoms with Gasteiger partial charge < -0.3 is 11.1 Å². The van der Waals surface area contributed by atoms with Crippen molar-refractivity contribution in [3.8, 4) is 0 Å². The van der Waals surface area contributed by atoms with Crippen molar-refractivity contribution in [1.82, 2.24) is 0 Å². The van der Waals surface area contributed by atoms with Crippen LogP contribution in [0.3, 0.4) is 0 Å². The number of carbonyl (C=O) groups excluding carboxylic acids is 1. The summed E-state index contributed by atoms with van der Waals surface area (Å²) in [5.41, 5.74) is 3.65. The van der Waals surface area contributed by atoms with E-state index in [-0.39, 0.29) is 0 Å². The van der Waals surface area contributed by atoms with Crippen molar-refractivity contribution in [3.63, 3.8) is 0 Å². The molecule has 3 nitrogen and oxygen atoms in total. The molecule has 1 rings (SSSR count). The van der Waals surface area contributed by atoms with Gasteiger partial charge in [-0.1, -0.05) is 18.2 Å². The predicted octanol–water partition coefficient (Wildman–Crippen LogP) is 2.03. The average Bonchev–Trinajstić information content (AvgIpc) is 2.17. The van der Waals surface area contributed by atoms with E-state index >= 15 is 0 Å². The second-order valence-electron chi connectivity index (χ2n) is 2.95. The molecule has 3 N–H and O–H groups in total. The first-order chi connectivity index (χ1) is 7.39. The molecule has 1 aromatic carbocycles. The molecule has 0 aliphatic rings. The van der Waals surface area contributed by atoms with Crippen LogP contribution in [-0.2, 0) is 4.79 Å². The zero-order valence-corrected chi connectivity index (χ0v) is 8.08. The lowest BCUT2D eigenvalue weighted by Crippen LogP contribution is -2.22. The third-order valence-corrected chi connectivity index (χ3v) is 1.66. The Morgan fingerprint density at radius 1 is 1.25 bits per heavy atom. The fourth-order valence-electron chi connectivity index (χ4n) is 0.923. The highest BCUT2D eigenvalue weighted by Crippen LogP contribution is 2.21. The van der Waals surface area contributed by atoms with E-state index in [0.717, 1.165) is 0 Å². The zero-order valence-electron chi connectivity index (χ0n) is 8.08. The molecular weight excluding hydrogens is 221 g/mol. The molecule has 0 radical (unpaired) electrons. The van der Waals surface area contributed by atoms with Crippen LogP contribution in [0.25, 0.3) is 0 Å². The molecule has 0 aromatic heterocycles. The molecule has 6 heteroatoms. The van der Waals surface area contributed by atoms with Gasteiger partial charge in [-0.15, -0.1) is 0 Å². The zero-order chi connectivity index (χ0) is 12.2. The van der Waals surface area contributed by atoms with Crippen LogP contribution in [0.2, 0.25) is 0 Å². The molecule has 0 spiro atoms. The monoisotopic (exact) mass is 230 g/mol. The fraction of sp³-hybridized carbons (Fsp3) is 0.100. The number of para-hydroxylation sites is 1. The summed E-state index contributed by atoms with van der Waals surface area (Å²) in [6.07, 6.45) is -4.37. The largest absolute Gasteiger partial charge is 0.430 e. The van der Waals surface area contributed by atoms with E-state index in [9.17, 15) is 18.0 Å². The van der Waals surface area contributed by atoms with E-state index in [0.29, 0.717) is 11.8 Å². The van der Waals surface area contributed by atoms with Crippen molar-refractivity contribution >= 4 is 11.6 Å². The van der Waals surface area contributed by atoms with Gasteiger partial charge in [0.1, 0.15) is 5.70 Å². The molecule has 16 heavy (non-hydrogen) atoms. The van der Waals surface area contributed by atoms with Gasteiger partial charge in [0.15, 0.2) is 0 Å². The van der Waals surface area contributed by atoms with Crippen LogP contribution in [-0.4, -0.2) is 12.1 Å². The Balaban J connectivity index is 2.68. The topological polar surface area (TPSA) is 55.1 Å². The molecule has 1 amide bonds. The van der Waals surface area contributed by atoms with Crippen LogP contribution in [0.5, 0.6) is 0 Å². The van der Waals surface area contributed by atoms with Gasteiger partial charge in [0.25, 0.3) is 0 Å². The Bertz CT molecular complexity index is 398. The van der Waals surface area contributed by atoms with Gasteiger partial charge in [0.05, 0.1) is 0 Å². The number of nitrogens with two attached hydrogens (primary N) is 1. The number of nitrogens with one attached hydrogen (secondary N) is 1. The third-order valence-electron chi connectivity index (χ3n) is 1.66. The molecule has 1 aromatic rings. The van der Waals surface area contributed by atoms with Crippen molar-refractivity contribution in [2.45, 2.75) is 6.18 Å². The van der Waals surface area contributed by atoms with Crippen molar-refractivity contribution in [2.75, 3.05) is 5.32 Å². The van der Waals surface area contributed by atoms with E-state index in [2.05, 4.69) is 11.1 Å². The Morgan fingerprint density at radius 2 is 1.81 bits per heavy atom. The molecule has 86 valence electrons. The minimum absolute atomic E-state index is 0.312. The van der Waals surface area contributed by atoms with Crippen molar-refractivity contribution in [1.29, 1.82) is 0 Å². The number of benzene rings is 1. The highest BCUT2D eigenvalue weighted by atomic mass is 19.4. The highest BCUT2D eigenvalue weighted by molar-refractivity contribution is 5.99. The van der Waals surface area contributed by atoms with Crippen LogP contribution in [0.4, 0.5) is 18.9 Å². The van der Waals surface area contributed by atoms with Gasteiger partial charge in [-0.25, -0.2) is 0 Å². The summed E-state index contributed by atoms with van der Waals surface area (Å²) in [6, 6.07) is 8.11. The van der Waals surface area contributed by atoms with Gasteiger partial charge in [-0.2, -0.15) is 13.2 Å². The lowest BCUT2D eigenvalue weighted by molar-refractivity contribution is -0.113. The Morgan fingerprint density at radius 3 is 2.31 bits per heavy atom. The summed E-state index contributed by atoms with van der Waals surface area (Å²) in [4.78, 5) is 11.1. The first-order valence-electron chi connectivity index (χ1n) is 4.30. The Labute approximate surface area is 89.7 Å². The van der Waals surface area contributed by atoms with Crippen LogP contribution < -0.4 is 11.1 Å². The maximum absolute atomic E-state index is 12.0. The minimum atomic E-state index is -4.69. The number of anilines is 1. The summed E-state index contributed by atoms with van der Waals surface area (Å²) < 4.78 is 35.9. The Hall–Kier alpha value is -1.98. The second kappa shape index (κ2) is 4.69. The molecule has 0 bridgehead atoms. The van der Waals surface area contributed by atoms with Crippen LogP contribution in [0.1, 0.15) is 0 Å². The molecule has 0 heterocycles. The molecule has 0 saturated heterocycles. The van der Waals surface area contributed by atoms with Crippen LogP contribution in [0, 0.1) is 0 Å². The number of allylic oxidation sites excluding steroid dienone is 1. The van der Waals surface area contributed by atoms with Crippen molar-refractivity contribution in [2.24, 2.45) is 5.73 Å². The molecule has 0 unspecified atom stereocenters. The minimum Gasteiger partial charge on any atom is -0.395 e. The number of rotatable bonds is 2. The summed E-state index contributed by atoms with van der Waals surface area (Å²) >= 11 is 0. The predicted molar refractivity (Wildman–Crippen MR) is 53.4 cm³/mol. The van der Waals surface area contributed by atoms with Crippen molar-refractivity contribution in [3.05, 3.63) is 42.1 Å². The van der Waals surface area contributed by atoms with E-state index in [1.54, 1.807) is 30.3 Å². The lowest BCUT2D eigenvalue weighted by Gasteiger charge is -2.06. The van der Waals surface area contributed by atoms with Crippen molar-refractivity contribution < 1.29 is 18.0 Å². The summed E-state index contributed by atoms with van der Waals surface area (Å²) in [5, 5.41) is 2.25. The number of carbonyl (C=O) groups is 1. The number of halogens is 3. The van der Waals surface area contributed by atoms with E-state index in [4.69, 9.17) is 0 Å². The second-order valence-corrected chi connectivity index (χ2v) is 2.95. The number of hydrogen-bond donors (Lipinski definition) is 2. The van der Waals surface area contributed by atoms with E-state index in [1.807, 2.05) is 0 Å². The Kier molecular flexibility index (Phi) is 3.55. The number of alkyl halides is 3. The lowest BCUT2D eigenvalue weighted by atomic mass is 10.3. The van der Waals surface area contributed by atoms with Crippen LogP contribution >= 0.6 is 0 Å². The number of hydrogen-bond acceptors (Lipinski definition) is 2. The number of amides is 1. The average molecular weight is 230 g/mol. The molecule has 0 aliphatic heterocycles. The molecular formula is C10H9F3N2O. The first kappa shape index (κ1) is 12.1. The first-order valence-corrected chi connectivity index (χ1v) is 4.30. The van der Waals surface area contributed by atoms with Gasteiger partial charge in [-0.05, 0) is 12.1 Å². The fourth-order valence-corrected chi connectivity index (χ4v) is 0.923. The van der Waals surface area contributed by atoms with E-state index in [1.165, 1.54) is 0 Å². The molecule has 0 aliphatic carbocycles. The van der Waals surface area contributed by atoms with Gasteiger partial charge in [0.2, 0.25) is 5.91 Å². The normalized spacial score (nSPS) is 12.3. The third kappa shape index (κ3) is 3.64. The van der Waals surface area contributed by atoms with E-state index < -0.39 is 17.8 Å². The SMILES string of the molecule is NC(=CC(=O)Nc1ccccc1)C(F)(F)F. The smallest absolute Gasteiger partial charge is 0.395 e. The summed E-state index contributed by atoms with van der Waals surface area (Å²) in [6.45, 7) is 0. The molecule has 0 atom stereocenters. The maximum Gasteiger partial charge on any atom is 0.430 e. The molecule has 0 fully saturated rings. The summed E-state index contributed by atoms with van der Waals surface area (Å²) in [5.74, 6) is -0.916. The molecule has 0 saturated carbocycles. The quantitative estimate of drug-likeness (QED) is 0.764.